The van der Waals surface area contributed by atoms with Gasteiger partial charge in [0.1, 0.15) is 0 Å². The van der Waals surface area contributed by atoms with Crippen molar-refractivity contribution in [2.45, 2.75) is 31.2 Å². The van der Waals surface area contributed by atoms with Gasteiger partial charge in [0.25, 0.3) is 0 Å². The molecule has 4 nitrogen and oxygen atoms in total. The fourth-order valence-electron chi connectivity index (χ4n) is 1.97. The third-order valence-electron chi connectivity index (χ3n) is 3.17. The van der Waals surface area contributed by atoms with Gasteiger partial charge in [0, 0.05) is 29.9 Å². The van der Waals surface area contributed by atoms with Crippen LogP contribution in [0.1, 0.15) is 22.6 Å². The van der Waals surface area contributed by atoms with Crippen LogP contribution in [0.5, 0.6) is 0 Å². The highest BCUT2D eigenvalue weighted by Crippen LogP contribution is 2.33. The van der Waals surface area contributed by atoms with Crippen LogP contribution in [0.4, 0.5) is 0 Å². The monoisotopic (exact) mass is 288 g/mol. The third kappa shape index (κ3) is 2.93. The molecule has 1 aromatic heterocycles. The van der Waals surface area contributed by atoms with E-state index in [0.717, 1.165) is 22.6 Å². The molecule has 0 aliphatic heterocycles. The summed E-state index contributed by atoms with van der Waals surface area (Å²) in [7, 11) is 0.240. The number of hydrogen-bond donors (Lipinski definition) is 1. The van der Waals surface area contributed by atoms with E-state index >= 15 is 0 Å². The Bertz CT molecular complexity index is 518. The Morgan fingerprint density at radius 3 is 2.72 bits per heavy atom. The van der Waals surface area contributed by atoms with E-state index in [9.17, 15) is 8.42 Å². The molecular formula is C12H20N2O2S2. The van der Waals surface area contributed by atoms with Gasteiger partial charge in [-0.2, -0.15) is 0 Å². The summed E-state index contributed by atoms with van der Waals surface area (Å²) in [5.41, 5.74) is 0. The van der Waals surface area contributed by atoms with E-state index in [1.807, 2.05) is 14.0 Å². The van der Waals surface area contributed by atoms with Crippen molar-refractivity contribution in [3.05, 3.63) is 15.8 Å². The molecule has 2 rings (SSSR count). The van der Waals surface area contributed by atoms with E-state index in [1.54, 1.807) is 24.5 Å². The fourth-order valence-corrected chi connectivity index (χ4v) is 4.83. The maximum atomic E-state index is 12.4. The minimum atomic E-state index is -3.31. The van der Waals surface area contributed by atoms with Crippen molar-refractivity contribution < 1.29 is 8.42 Å². The van der Waals surface area contributed by atoms with E-state index in [4.69, 9.17) is 0 Å². The van der Waals surface area contributed by atoms with Gasteiger partial charge in [-0.15, -0.1) is 11.3 Å². The number of nitrogens with zero attached hydrogens (tertiary/aromatic N) is 1. The van der Waals surface area contributed by atoms with Crippen molar-refractivity contribution in [1.29, 1.82) is 0 Å². The fraction of sp³-hybridized carbons (Fsp3) is 0.667. The number of aryl methyl sites for hydroxylation is 1. The highest BCUT2D eigenvalue weighted by molar-refractivity contribution is 7.89. The Hall–Kier alpha value is -0.430. The van der Waals surface area contributed by atoms with Gasteiger partial charge in [-0.3, -0.25) is 0 Å². The van der Waals surface area contributed by atoms with E-state index in [1.165, 1.54) is 4.31 Å². The number of thiophene rings is 1. The van der Waals surface area contributed by atoms with Crippen molar-refractivity contribution in [3.8, 4) is 0 Å². The summed E-state index contributed by atoms with van der Waals surface area (Å²) in [6.07, 6.45) is 2.32. The second-order valence-corrected chi connectivity index (χ2v) is 8.25. The van der Waals surface area contributed by atoms with E-state index < -0.39 is 10.0 Å². The summed E-state index contributed by atoms with van der Waals surface area (Å²) in [6.45, 7) is 3.24. The molecule has 1 fully saturated rings. The number of rotatable bonds is 6. The van der Waals surface area contributed by atoms with Crippen LogP contribution in [0.25, 0.3) is 0 Å². The van der Waals surface area contributed by atoms with Crippen LogP contribution in [-0.4, -0.2) is 33.4 Å². The summed E-state index contributed by atoms with van der Waals surface area (Å²) in [5, 5.41) is 3.05. The highest BCUT2D eigenvalue weighted by Gasteiger charge is 2.30. The molecule has 6 heteroatoms. The minimum absolute atomic E-state index is 0.473. The van der Waals surface area contributed by atoms with Crippen molar-refractivity contribution >= 4 is 21.4 Å². The molecule has 18 heavy (non-hydrogen) atoms. The first-order valence-corrected chi connectivity index (χ1v) is 8.41. The molecule has 1 aliphatic rings. The Morgan fingerprint density at radius 1 is 1.50 bits per heavy atom. The lowest BCUT2D eigenvalue weighted by atomic mass is 10.4. The highest BCUT2D eigenvalue weighted by atomic mass is 32.2. The SMILES string of the molecule is CNCc1cc(S(=O)(=O)N(C)CC2CC2)c(C)s1. The van der Waals surface area contributed by atoms with Crippen molar-refractivity contribution in [2.75, 3.05) is 20.6 Å². The van der Waals surface area contributed by atoms with E-state index in [-0.39, 0.29) is 0 Å². The minimum Gasteiger partial charge on any atom is -0.315 e. The molecule has 0 saturated heterocycles. The first-order chi connectivity index (χ1) is 8.45. The standard InChI is InChI=1S/C12H20N2O2S2/c1-9-12(6-11(17-9)7-13-2)18(15,16)14(3)8-10-4-5-10/h6,10,13H,4-5,7-8H2,1-3H3. The summed E-state index contributed by atoms with van der Waals surface area (Å²) in [6, 6.07) is 1.80. The molecule has 1 N–H and O–H groups in total. The Labute approximate surface area is 113 Å². The van der Waals surface area contributed by atoms with Crippen LogP contribution in [0.15, 0.2) is 11.0 Å². The molecule has 1 aromatic rings. The second-order valence-electron chi connectivity index (χ2n) is 4.89. The van der Waals surface area contributed by atoms with Crippen LogP contribution in [0, 0.1) is 12.8 Å². The smallest absolute Gasteiger partial charge is 0.243 e. The first kappa shape index (κ1) is 14.0. The van der Waals surface area contributed by atoms with Gasteiger partial charge in [0.2, 0.25) is 10.0 Å². The van der Waals surface area contributed by atoms with Crippen LogP contribution >= 0.6 is 11.3 Å². The van der Waals surface area contributed by atoms with Crippen LogP contribution in [-0.2, 0) is 16.6 Å². The van der Waals surface area contributed by atoms with Gasteiger partial charge in [-0.25, -0.2) is 12.7 Å². The maximum Gasteiger partial charge on any atom is 0.243 e. The van der Waals surface area contributed by atoms with Crippen molar-refractivity contribution in [2.24, 2.45) is 5.92 Å². The van der Waals surface area contributed by atoms with Crippen LogP contribution < -0.4 is 5.32 Å². The molecule has 102 valence electrons. The molecule has 0 unspecified atom stereocenters. The Balaban J connectivity index is 2.22. The summed E-state index contributed by atoms with van der Waals surface area (Å²) < 4.78 is 26.4. The molecule has 0 bridgehead atoms. The van der Waals surface area contributed by atoms with Gasteiger partial charge in [0.05, 0.1) is 4.90 Å². The topological polar surface area (TPSA) is 49.4 Å². The number of nitrogens with one attached hydrogen (secondary N) is 1. The van der Waals surface area contributed by atoms with E-state index in [0.29, 0.717) is 23.9 Å². The van der Waals surface area contributed by atoms with Gasteiger partial charge < -0.3 is 5.32 Å². The molecule has 0 aromatic carbocycles. The average Bonchev–Trinajstić information content (AvgIpc) is 3.02. The lowest BCUT2D eigenvalue weighted by Crippen LogP contribution is -2.29. The van der Waals surface area contributed by atoms with Crippen molar-refractivity contribution in [1.82, 2.24) is 9.62 Å². The average molecular weight is 288 g/mol. The zero-order valence-electron chi connectivity index (χ0n) is 11.1. The number of sulfonamides is 1. The molecule has 1 aliphatic carbocycles. The van der Waals surface area contributed by atoms with Crippen LogP contribution in [0.2, 0.25) is 0 Å². The number of hydrogen-bond acceptors (Lipinski definition) is 4. The zero-order chi connectivity index (χ0) is 13.3. The summed E-state index contributed by atoms with van der Waals surface area (Å²) >= 11 is 1.55. The zero-order valence-corrected chi connectivity index (χ0v) is 12.7. The molecule has 0 atom stereocenters. The predicted octanol–water partition coefficient (Wildman–Crippen LogP) is 1.81. The molecule has 1 saturated carbocycles. The molecule has 0 spiro atoms. The largest absolute Gasteiger partial charge is 0.315 e. The van der Waals surface area contributed by atoms with Gasteiger partial charge >= 0.3 is 0 Å². The third-order valence-corrected chi connectivity index (χ3v) is 6.30. The lowest BCUT2D eigenvalue weighted by molar-refractivity contribution is 0.453. The molecule has 1 heterocycles. The van der Waals surface area contributed by atoms with Gasteiger partial charge in [0.15, 0.2) is 0 Å². The van der Waals surface area contributed by atoms with Gasteiger partial charge in [-0.1, -0.05) is 0 Å². The lowest BCUT2D eigenvalue weighted by Gasteiger charge is -2.16. The molecular weight excluding hydrogens is 268 g/mol. The second kappa shape index (κ2) is 5.28. The molecule has 0 amide bonds. The summed E-state index contributed by atoms with van der Waals surface area (Å²) in [4.78, 5) is 2.41. The predicted molar refractivity (Wildman–Crippen MR) is 74.4 cm³/mol. The maximum absolute atomic E-state index is 12.4. The van der Waals surface area contributed by atoms with Gasteiger partial charge in [-0.05, 0) is 38.8 Å². The summed E-state index contributed by atoms with van der Waals surface area (Å²) in [5.74, 6) is 0.570. The normalized spacial score (nSPS) is 16.4. The molecule has 0 radical (unpaired) electrons. The Morgan fingerprint density at radius 2 is 2.17 bits per heavy atom. The van der Waals surface area contributed by atoms with Crippen molar-refractivity contribution in [3.63, 3.8) is 0 Å². The van der Waals surface area contributed by atoms with Crippen LogP contribution in [0.3, 0.4) is 0 Å². The quantitative estimate of drug-likeness (QED) is 0.868. The Kier molecular flexibility index (Phi) is 4.11. The van der Waals surface area contributed by atoms with E-state index in [2.05, 4.69) is 5.32 Å². The first-order valence-electron chi connectivity index (χ1n) is 6.15.